The Morgan fingerprint density at radius 1 is 1.33 bits per heavy atom. The van der Waals surface area contributed by atoms with Crippen LogP contribution in [-0.4, -0.2) is 22.8 Å². The zero-order valence-corrected chi connectivity index (χ0v) is 12.5. The normalized spacial score (nSPS) is 18.9. The zero-order chi connectivity index (χ0) is 14.7. The number of halogens is 1. The van der Waals surface area contributed by atoms with Crippen LogP contribution in [0.25, 0.3) is 0 Å². The van der Waals surface area contributed by atoms with Crippen molar-refractivity contribution in [2.24, 2.45) is 0 Å². The van der Waals surface area contributed by atoms with Crippen LogP contribution in [0.5, 0.6) is 5.75 Å². The third-order valence-electron chi connectivity index (χ3n) is 3.92. The van der Waals surface area contributed by atoms with Crippen molar-refractivity contribution in [2.75, 3.05) is 6.61 Å². The van der Waals surface area contributed by atoms with Gasteiger partial charge in [-0.25, -0.2) is 0 Å². The number of aliphatic hydroxyl groups excluding tert-OH is 1. The molecule has 0 aliphatic heterocycles. The molecule has 1 aliphatic rings. The Bertz CT molecular complexity index is 617. The van der Waals surface area contributed by atoms with Crippen LogP contribution in [-0.2, 0) is 6.42 Å². The highest BCUT2D eigenvalue weighted by atomic mass is 35.5. The van der Waals surface area contributed by atoms with Crippen molar-refractivity contribution < 1.29 is 9.84 Å². The summed E-state index contributed by atoms with van der Waals surface area (Å²) >= 11 is 5.92. The van der Waals surface area contributed by atoms with Gasteiger partial charge in [0.05, 0.1) is 6.10 Å². The van der Waals surface area contributed by atoms with Crippen LogP contribution in [0.4, 0.5) is 0 Å². The number of hydrogen-bond donors (Lipinski definition) is 1. The van der Waals surface area contributed by atoms with E-state index in [1.807, 2.05) is 18.2 Å². The standard InChI is InChI=1S/C17H18ClNO2/c18-13-6-2-7-14(10-13)21-11-16(20)15-8-1-4-12-5-3-9-19-17(12)15/h2-3,5-7,9-10,15-16,20H,1,4,8,11H2. The maximum absolute atomic E-state index is 10.5. The first-order chi connectivity index (χ1) is 10.2. The summed E-state index contributed by atoms with van der Waals surface area (Å²) in [5, 5.41) is 11.1. The summed E-state index contributed by atoms with van der Waals surface area (Å²) in [5.74, 6) is 0.729. The van der Waals surface area contributed by atoms with Gasteiger partial charge < -0.3 is 9.84 Å². The molecule has 3 rings (SSSR count). The summed E-state index contributed by atoms with van der Waals surface area (Å²) < 4.78 is 5.65. The molecule has 0 fully saturated rings. The van der Waals surface area contributed by atoms with Gasteiger partial charge in [0.2, 0.25) is 0 Å². The Hall–Kier alpha value is -1.58. The first kappa shape index (κ1) is 14.4. The van der Waals surface area contributed by atoms with Crippen LogP contribution in [0, 0.1) is 0 Å². The lowest BCUT2D eigenvalue weighted by Gasteiger charge is -2.28. The molecule has 1 aromatic heterocycles. The van der Waals surface area contributed by atoms with Crippen LogP contribution >= 0.6 is 11.6 Å². The molecule has 0 saturated carbocycles. The molecular weight excluding hydrogens is 286 g/mol. The van der Waals surface area contributed by atoms with Crippen molar-refractivity contribution in [2.45, 2.75) is 31.3 Å². The molecule has 21 heavy (non-hydrogen) atoms. The lowest BCUT2D eigenvalue weighted by Crippen LogP contribution is -2.29. The highest BCUT2D eigenvalue weighted by molar-refractivity contribution is 6.30. The largest absolute Gasteiger partial charge is 0.491 e. The summed E-state index contributed by atoms with van der Waals surface area (Å²) in [6, 6.07) is 11.3. The molecule has 2 aromatic rings. The van der Waals surface area contributed by atoms with E-state index >= 15 is 0 Å². The Morgan fingerprint density at radius 2 is 2.24 bits per heavy atom. The van der Waals surface area contributed by atoms with E-state index in [4.69, 9.17) is 16.3 Å². The molecule has 2 unspecified atom stereocenters. The van der Waals surface area contributed by atoms with E-state index < -0.39 is 6.10 Å². The minimum Gasteiger partial charge on any atom is -0.491 e. The number of hydrogen-bond acceptors (Lipinski definition) is 3. The van der Waals surface area contributed by atoms with E-state index in [0.29, 0.717) is 10.8 Å². The van der Waals surface area contributed by atoms with E-state index in [2.05, 4.69) is 11.1 Å². The summed E-state index contributed by atoms with van der Waals surface area (Å²) in [6.45, 7) is 0.251. The topological polar surface area (TPSA) is 42.4 Å². The second-order valence-corrected chi connectivity index (χ2v) is 5.82. The van der Waals surface area contributed by atoms with Gasteiger partial charge in [0.1, 0.15) is 12.4 Å². The monoisotopic (exact) mass is 303 g/mol. The van der Waals surface area contributed by atoms with Gasteiger partial charge in [-0.2, -0.15) is 0 Å². The molecule has 4 heteroatoms. The van der Waals surface area contributed by atoms with Gasteiger partial charge in [0.25, 0.3) is 0 Å². The number of fused-ring (bicyclic) bond motifs is 1. The van der Waals surface area contributed by atoms with E-state index in [-0.39, 0.29) is 12.5 Å². The highest BCUT2D eigenvalue weighted by Gasteiger charge is 2.28. The maximum atomic E-state index is 10.5. The summed E-state index contributed by atoms with van der Waals surface area (Å²) in [6.07, 6.45) is 4.31. The minimum atomic E-state index is -0.557. The van der Waals surface area contributed by atoms with Crippen LogP contribution in [0.2, 0.25) is 5.02 Å². The van der Waals surface area contributed by atoms with E-state index in [1.165, 1.54) is 5.56 Å². The van der Waals surface area contributed by atoms with Crippen molar-refractivity contribution in [3.05, 3.63) is 58.9 Å². The van der Waals surface area contributed by atoms with Crippen molar-refractivity contribution >= 4 is 11.6 Å². The second-order valence-electron chi connectivity index (χ2n) is 5.38. The number of aliphatic hydroxyl groups is 1. The summed E-state index contributed by atoms with van der Waals surface area (Å²) in [4.78, 5) is 4.45. The average Bonchev–Trinajstić information content (AvgIpc) is 2.52. The van der Waals surface area contributed by atoms with Crippen molar-refractivity contribution in [1.82, 2.24) is 4.98 Å². The third-order valence-corrected chi connectivity index (χ3v) is 4.15. The number of pyridine rings is 1. The Morgan fingerprint density at radius 3 is 3.10 bits per heavy atom. The van der Waals surface area contributed by atoms with Crippen LogP contribution in [0.1, 0.15) is 30.0 Å². The van der Waals surface area contributed by atoms with Gasteiger partial charge in [-0.05, 0) is 49.1 Å². The fraction of sp³-hybridized carbons (Fsp3) is 0.353. The zero-order valence-electron chi connectivity index (χ0n) is 11.7. The average molecular weight is 304 g/mol. The van der Waals surface area contributed by atoms with Gasteiger partial charge in [-0.1, -0.05) is 23.7 Å². The fourth-order valence-electron chi connectivity index (χ4n) is 2.87. The van der Waals surface area contributed by atoms with Crippen molar-refractivity contribution in [1.29, 1.82) is 0 Å². The molecule has 1 aliphatic carbocycles. The summed E-state index contributed by atoms with van der Waals surface area (Å²) in [5.41, 5.74) is 2.27. The number of aryl methyl sites for hydroxylation is 1. The number of rotatable bonds is 4. The maximum Gasteiger partial charge on any atom is 0.120 e. The highest BCUT2D eigenvalue weighted by Crippen LogP contribution is 2.32. The van der Waals surface area contributed by atoms with Gasteiger partial charge in [0, 0.05) is 22.8 Å². The smallest absolute Gasteiger partial charge is 0.120 e. The quantitative estimate of drug-likeness (QED) is 0.938. The van der Waals surface area contributed by atoms with E-state index in [9.17, 15) is 5.11 Å². The lowest BCUT2D eigenvalue weighted by atomic mass is 9.83. The van der Waals surface area contributed by atoms with Crippen molar-refractivity contribution in [3.8, 4) is 5.75 Å². The molecule has 1 aromatic carbocycles. The number of nitrogens with zero attached hydrogens (tertiary/aromatic N) is 1. The SMILES string of the molecule is OC(COc1cccc(Cl)c1)C1CCCc2cccnc21. The molecule has 0 spiro atoms. The molecule has 0 radical (unpaired) electrons. The molecule has 1 heterocycles. The molecule has 1 N–H and O–H groups in total. The first-order valence-corrected chi connectivity index (χ1v) is 7.62. The summed E-state index contributed by atoms with van der Waals surface area (Å²) in [7, 11) is 0. The minimum absolute atomic E-state index is 0.0501. The second kappa shape index (κ2) is 6.46. The number of ether oxygens (including phenoxy) is 1. The first-order valence-electron chi connectivity index (χ1n) is 7.24. The lowest BCUT2D eigenvalue weighted by molar-refractivity contribution is 0.0767. The molecule has 0 saturated heterocycles. The van der Waals surface area contributed by atoms with Gasteiger partial charge in [0.15, 0.2) is 0 Å². The Kier molecular flexibility index (Phi) is 4.42. The molecule has 2 atom stereocenters. The molecule has 3 nitrogen and oxygen atoms in total. The Labute approximate surface area is 129 Å². The van der Waals surface area contributed by atoms with Crippen LogP contribution in [0.15, 0.2) is 42.6 Å². The number of benzene rings is 1. The molecule has 0 bridgehead atoms. The third kappa shape index (κ3) is 3.36. The predicted octanol–water partition coefficient (Wildman–Crippen LogP) is 3.59. The van der Waals surface area contributed by atoms with Gasteiger partial charge >= 0.3 is 0 Å². The Balaban J connectivity index is 1.67. The van der Waals surface area contributed by atoms with Crippen LogP contribution in [0.3, 0.4) is 0 Å². The van der Waals surface area contributed by atoms with Crippen LogP contribution < -0.4 is 4.74 Å². The molecule has 0 amide bonds. The predicted molar refractivity (Wildman–Crippen MR) is 82.9 cm³/mol. The van der Waals surface area contributed by atoms with Gasteiger partial charge in [-0.3, -0.25) is 4.98 Å². The number of aromatic nitrogens is 1. The fourth-order valence-corrected chi connectivity index (χ4v) is 3.05. The van der Waals surface area contributed by atoms with Crippen molar-refractivity contribution in [3.63, 3.8) is 0 Å². The van der Waals surface area contributed by atoms with Gasteiger partial charge in [-0.15, -0.1) is 0 Å². The molecular formula is C17H18ClNO2. The molecule has 110 valence electrons. The van der Waals surface area contributed by atoms with E-state index in [0.717, 1.165) is 25.0 Å². The van der Waals surface area contributed by atoms with E-state index in [1.54, 1.807) is 18.3 Å².